The van der Waals surface area contributed by atoms with E-state index < -0.39 is 0 Å². The zero-order valence-corrected chi connectivity index (χ0v) is 8.48. The summed E-state index contributed by atoms with van der Waals surface area (Å²) in [6, 6.07) is 0. The highest BCUT2D eigenvalue weighted by Gasteiger charge is 2.08. The van der Waals surface area contributed by atoms with E-state index in [9.17, 15) is 0 Å². The predicted octanol–water partition coefficient (Wildman–Crippen LogP) is 1.78. The van der Waals surface area contributed by atoms with Gasteiger partial charge in [0.05, 0.1) is 20.6 Å². The van der Waals surface area contributed by atoms with Crippen molar-refractivity contribution in [2.75, 3.05) is 27.2 Å². The van der Waals surface area contributed by atoms with Gasteiger partial charge in [0.15, 0.2) is 0 Å². The maximum atomic E-state index is 3.48. The molecule has 0 aromatic carbocycles. The number of hydrogen-bond donors (Lipinski definition) is 1. The molecule has 0 aromatic heterocycles. The summed E-state index contributed by atoms with van der Waals surface area (Å²) in [5, 5.41) is 0. The molecule has 0 unspecified atom stereocenters. The zero-order chi connectivity index (χ0) is 8.74. The number of rotatable bonds is 6. The normalized spacial score (nSPS) is 12.0. The highest BCUT2D eigenvalue weighted by atomic mass is 15.6. The maximum absolute atomic E-state index is 3.48. The Morgan fingerprint density at radius 2 is 1.73 bits per heavy atom. The summed E-state index contributed by atoms with van der Waals surface area (Å²) in [4.78, 5) is 0. The van der Waals surface area contributed by atoms with Gasteiger partial charge in [0.1, 0.15) is 0 Å². The van der Waals surface area contributed by atoms with Gasteiger partial charge in [-0.1, -0.05) is 19.8 Å². The zero-order valence-electron chi connectivity index (χ0n) is 8.48. The van der Waals surface area contributed by atoms with Crippen molar-refractivity contribution in [2.45, 2.75) is 33.1 Å². The van der Waals surface area contributed by atoms with E-state index in [1.165, 1.54) is 19.3 Å². The van der Waals surface area contributed by atoms with Crippen molar-refractivity contribution in [1.29, 1.82) is 0 Å². The highest BCUT2D eigenvalue weighted by molar-refractivity contribution is 4.38. The van der Waals surface area contributed by atoms with Crippen molar-refractivity contribution in [3.05, 3.63) is 0 Å². The van der Waals surface area contributed by atoms with Crippen molar-refractivity contribution in [1.82, 2.24) is 5.43 Å². The van der Waals surface area contributed by atoms with Gasteiger partial charge in [0.2, 0.25) is 0 Å². The van der Waals surface area contributed by atoms with Crippen LogP contribution in [0.5, 0.6) is 0 Å². The van der Waals surface area contributed by atoms with E-state index in [1.807, 2.05) is 0 Å². The Bertz CT molecular complexity index is 89.6. The fourth-order valence-electron chi connectivity index (χ4n) is 0.869. The molecule has 0 saturated carbocycles. The van der Waals surface area contributed by atoms with E-state index in [2.05, 4.69) is 33.4 Å². The number of quaternary nitrogens is 1. The molecule has 0 aliphatic rings. The molecule has 0 aromatic rings. The SMILES string of the molecule is CCCCCN[N+](C)(C)CC. The molecule has 0 aliphatic carbocycles. The largest absolute Gasteiger partial charge is 0.251 e. The first-order chi connectivity index (χ1) is 5.12. The van der Waals surface area contributed by atoms with Gasteiger partial charge in [-0.05, 0) is 13.3 Å². The van der Waals surface area contributed by atoms with Gasteiger partial charge < -0.3 is 0 Å². The first kappa shape index (κ1) is 10.9. The Morgan fingerprint density at radius 1 is 1.09 bits per heavy atom. The van der Waals surface area contributed by atoms with Crippen molar-refractivity contribution < 1.29 is 4.59 Å². The molecule has 0 aliphatic heterocycles. The van der Waals surface area contributed by atoms with E-state index >= 15 is 0 Å². The van der Waals surface area contributed by atoms with Gasteiger partial charge >= 0.3 is 0 Å². The molecule has 2 heteroatoms. The van der Waals surface area contributed by atoms with Crippen molar-refractivity contribution >= 4 is 0 Å². The second-order valence-electron chi connectivity index (χ2n) is 3.62. The van der Waals surface area contributed by atoms with Crippen LogP contribution in [0.1, 0.15) is 33.1 Å². The van der Waals surface area contributed by atoms with E-state index in [0.717, 1.165) is 17.7 Å². The standard InChI is InChI=1S/C9H23N2/c1-5-7-8-9-10-11(3,4)6-2/h10H,5-9H2,1-4H3/q+1. The van der Waals surface area contributed by atoms with E-state index in [0.29, 0.717) is 0 Å². The molecule has 0 atom stereocenters. The van der Waals surface area contributed by atoms with Gasteiger partial charge in [-0.3, -0.25) is 4.59 Å². The van der Waals surface area contributed by atoms with Crippen LogP contribution < -0.4 is 5.43 Å². The van der Waals surface area contributed by atoms with Crippen LogP contribution in [0.4, 0.5) is 0 Å². The minimum Gasteiger partial charge on any atom is -0.251 e. The lowest BCUT2D eigenvalue weighted by Crippen LogP contribution is -2.51. The summed E-state index contributed by atoms with van der Waals surface area (Å²) in [5.41, 5.74) is 3.48. The molecule has 68 valence electrons. The summed E-state index contributed by atoms with van der Waals surface area (Å²) in [6.45, 7) is 6.73. The molecule has 0 heterocycles. The van der Waals surface area contributed by atoms with Gasteiger partial charge in [0, 0.05) is 6.54 Å². The number of nitrogens with zero attached hydrogens (tertiary/aromatic N) is 1. The Kier molecular flexibility index (Phi) is 5.51. The first-order valence-corrected chi connectivity index (χ1v) is 4.70. The molecule has 0 bridgehead atoms. The summed E-state index contributed by atoms with van der Waals surface area (Å²) in [5.74, 6) is 0. The lowest BCUT2D eigenvalue weighted by Gasteiger charge is -2.27. The second-order valence-corrected chi connectivity index (χ2v) is 3.62. The Labute approximate surface area is 71.1 Å². The smallest absolute Gasteiger partial charge is 0.0929 e. The molecular formula is C9H23N2+. The average Bonchev–Trinajstić information content (AvgIpc) is 1.99. The third-order valence-electron chi connectivity index (χ3n) is 2.11. The molecule has 0 radical (unpaired) electrons. The summed E-state index contributed by atoms with van der Waals surface area (Å²) in [6.07, 6.45) is 3.95. The molecule has 1 N–H and O–H groups in total. The molecule has 0 rings (SSSR count). The van der Waals surface area contributed by atoms with Crippen LogP contribution in [-0.2, 0) is 0 Å². The number of hydrogen-bond acceptors (Lipinski definition) is 1. The van der Waals surface area contributed by atoms with Gasteiger partial charge in [-0.25, -0.2) is 0 Å². The quantitative estimate of drug-likeness (QED) is 0.354. The van der Waals surface area contributed by atoms with Crippen LogP contribution in [0.15, 0.2) is 0 Å². The maximum Gasteiger partial charge on any atom is 0.0929 e. The number of nitrogens with one attached hydrogen (secondary N) is 1. The summed E-state index contributed by atoms with van der Waals surface area (Å²) in [7, 11) is 4.40. The lowest BCUT2D eigenvalue weighted by atomic mass is 10.2. The van der Waals surface area contributed by atoms with Crippen molar-refractivity contribution in [3.8, 4) is 0 Å². The van der Waals surface area contributed by atoms with Gasteiger partial charge in [-0.15, -0.1) is 0 Å². The van der Waals surface area contributed by atoms with E-state index in [-0.39, 0.29) is 0 Å². The average molecular weight is 159 g/mol. The molecule has 0 spiro atoms. The Morgan fingerprint density at radius 3 is 2.18 bits per heavy atom. The molecule has 0 amide bonds. The molecule has 0 saturated heterocycles. The van der Waals surface area contributed by atoms with Crippen LogP contribution in [0, 0.1) is 0 Å². The molecular weight excluding hydrogens is 136 g/mol. The monoisotopic (exact) mass is 159 g/mol. The minimum absolute atomic E-state index is 0.934. The predicted molar refractivity (Wildman–Crippen MR) is 50.2 cm³/mol. The third kappa shape index (κ3) is 6.32. The van der Waals surface area contributed by atoms with Crippen LogP contribution in [0.3, 0.4) is 0 Å². The van der Waals surface area contributed by atoms with Crippen LogP contribution in [-0.4, -0.2) is 31.8 Å². The van der Waals surface area contributed by atoms with Crippen molar-refractivity contribution in [3.63, 3.8) is 0 Å². The van der Waals surface area contributed by atoms with E-state index in [1.54, 1.807) is 0 Å². The second kappa shape index (κ2) is 5.56. The van der Waals surface area contributed by atoms with Crippen LogP contribution >= 0.6 is 0 Å². The van der Waals surface area contributed by atoms with Crippen LogP contribution in [0.2, 0.25) is 0 Å². The topological polar surface area (TPSA) is 12.0 Å². The fourth-order valence-corrected chi connectivity index (χ4v) is 0.869. The Balaban J connectivity index is 3.23. The highest BCUT2D eigenvalue weighted by Crippen LogP contribution is 1.94. The Hall–Kier alpha value is -0.0800. The molecule has 2 nitrogen and oxygen atoms in total. The first-order valence-electron chi connectivity index (χ1n) is 4.70. The minimum atomic E-state index is 0.934. The van der Waals surface area contributed by atoms with Gasteiger partial charge in [0.25, 0.3) is 0 Å². The summed E-state index contributed by atoms with van der Waals surface area (Å²) < 4.78 is 0.934. The van der Waals surface area contributed by atoms with Gasteiger partial charge in [-0.2, -0.15) is 5.43 Å². The summed E-state index contributed by atoms with van der Waals surface area (Å²) >= 11 is 0. The van der Waals surface area contributed by atoms with E-state index in [4.69, 9.17) is 0 Å². The number of unbranched alkanes of at least 4 members (excludes halogenated alkanes) is 2. The third-order valence-corrected chi connectivity index (χ3v) is 2.11. The molecule has 11 heavy (non-hydrogen) atoms. The van der Waals surface area contributed by atoms with Crippen LogP contribution in [0.25, 0.3) is 0 Å². The fraction of sp³-hybridized carbons (Fsp3) is 1.00. The molecule has 0 fully saturated rings. The lowest BCUT2D eigenvalue weighted by molar-refractivity contribution is -0.932. The van der Waals surface area contributed by atoms with Crippen molar-refractivity contribution in [2.24, 2.45) is 0 Å².